The lowest BCUT2D eigenvalue weighted by molar-refractivity contribution is -0.144. The molecule has 0 saturated carbocycles. The fraction of sp³-hybridized carbons (Fsp3) is 0.667. The van der Waals surface area contributed by atoms with E-state index in [4.69, 9.17) is 15.6 Å². The van der Waals surface area contributed by atoms with Crippen LogP contribution in [0.2, 0.25) is 0 Å². The molecule has 3 N–H and O–H groups in total. The van der Waals surface area contributed by atoms with Crippen LogP contribution in [0.25, 0.3) is 0 Å². The van der Waals surface area contributed by atoms with Crippen molar-refractivity contribution in [3.63, 3.8) is 0 Å². The predicted octanol–water partition coefficient (Wildman–Crippen LogP) is 0.0501. The number of ketones is 2. The van der Waals surface area contributed by atoms with Crippen LogP contribution < -0.4 is 5.73 Å². The van der Waals surface area contributed by atoms with Gasteiger partial charge in [0.25, 0.3) is 0 Å². The van der Waals surface area contributed by atoms with E-state index in [1.807, 2.05) is 6.92 Å². The van der Waals surface area contributed by atoms with Crippen LogP contribution in [-0.4, -0.2) is 41.3 Å². The van der Waals surface area contributed by atoms with Crippen LogP contribution in [0.15, 0.2) is 0 Å². The molecule has 0 aromatic rings. The molecule has 0 aromatic carbocycles. The van der Waals surface area contributed by atoms with Gasteiger partial charge in [0, 0.05) is 19.3 Å². The highest BCUT2D eigenvalue weighted by atomic mass is 16.5. The van der Waals surface area contributed by atoms with Gasteiger partial charge in [0.15, 0.2) is 11.6 Å². The van der Waals surface area contributed by atoms with E-state index in [0.717, 1.165) is 0 Å². The molecule has 0 saturated heterocycles. The Labute approximate surface area is 111 Å². The van der Waals surface area contributed by atoms with Crippen molar-refractivity contribution in [1.82, 2.24) is 0 Å². The molecule has 0 radical (unpaired) electrons. The third-order valence-corrected chi connectivity index (χ3v) is 2.34. The molecule has 0 aliphatic rings. The molecule has 108 valence electrons. The number of carboxylic acids is 1. The fourth-order valence-electron chi connectivity index (χ4n) is 1.26. The lowest BCUT2D eigenvalue weighted by Crippen LogP contribution is -2.39. The second-order valence-electron chi connectivity index (χ2n) is 4.02. The van der Waals surface area contributed by atoms with E-state index in [0.29, 0.717) is 6.42 Å². The summed E-state index contributed by atoms with van der Waals surface area (Å²) in [5, 5.41) is 8.40. The molecule has 1 unspecified atom stereocenters. The number of rotatable bonds is 10. The minimum absolute atomic E-state index is 0.114. The summed E-state index contributed by atoms with van der Waals surface area (Å²) in [5.41, 5.74) is 5.39. The molecule has 1 atom stereocenters. The van der Waals surface area contributed by atoms with Crippen LogP contribution in [-0.2, 0) is 23.9 Å². The summed E-state index contributed by atoms with van der Waals surface area (Å²) in [7, 11) is 0. The number of carboxylic acid groups (broad SMARTS) is 1. The normalized spacial score (nSPS) is 11.7. The Balaban J connectivity index is 3.96. The van der Waals surface area contributed by atoms with E-state index in [1.54, 1.807) is 0 Å². The maximum atomic E-state index is 11.5. The quantitative estimate of drug-likeness (QED) is 0.425. The van der Waals surface area contributed by atoms with Crippen molar-refractivity contribution in [1.29, 1.82) is 0 Å². The first kappa shape index (κ1) is 17.2. The Hall–Kier alpha value is -1.76. The second kappa shape index (κ2) is 9.21. The summed E-state index contributed by atoms with van der Waals surface area (Å²) in [5.74, 6) is -2.70. The van der Waals surface area contributed by atoms with Gasteiger partial charge in [-0.1, -0.05) is 6.92 Å². The van der Waals surface area contributed by atoms with Crippen molar-refractivity contribution < 1.29 is 29.0 Å². The van der Waals surface area contributed by atoms with E-state index < -0.39 is 29.5 Å². The summed E-state index contributed by atoms with van der Waals surface area (Å²) in [4.78, 5) is 44.1. The van der Waals surface area contributed by atoms with E-state index >= 15 is 0 Å². The van der Waals surface area contributed by atoms with Crippen LogP contribution in [0.1, 0.15) is 39.0 Å². The van der Waals surface area contributed by atoms with Crippen LogP contribution >= 0.6 is 0 Å². The summed E-state index contributed by atoms with van der Waals surface area (Å²) in [6.07, 6.45) is 0.149. The Morgan fingerprint density at radius 2 is 1.63 bits per heavy atom. The average Bonchev–Trinajstić information content (AvgIpc) is 2.35. The van der Waals surface area contributed by atoms with Gasteiger partial charge in [0.1, 0.15) is 6.04 Å². The molecule has 0 spiro atoms. The molecule has 0 bridgehead atoms. The fourth-order valence-corrected chi connectivity index (χ4v) is 1.26. The van der Waals surface area contributed by atoms with Crippen molar-refractivity contribution in [2.24, 2.45) is 5.73 Å². The molecule has 0 fully saturated rings. The molecule has 0 aliphatic heterocycles. The molecule has 0 heterocycles. The van der Waals surface area contributed by atoms with Crippen LogP contribution in [0, 0.1) is 0 Å². The van der Waals surface area contributed by atoms with Crippen molar-refractivity contribution in [3.8, 4) is 0 Å². The molecule has 0 amide bonds. The van der Waals surface area contributed by atoms with Gasteiger partial charge < -0.3 is 15.6 Å². The average molecular weight is 273 g/mol. The Kier molecular flexibility index (Phi) is 8.35. The Morgan fingerprint density at radius 3 is 2.16 bits per heavy atom. The molecule has 19 heavy (non-hydrogen) atoms. The van der Waals surface area contributed by atoms with Gasteiger partial charge in [-0.2, -0.15) is 0 Å². The smallest absolute Gasteiger partial charge is 0.305 e. The number of carbonyl (C=O) groups excluding carboxylic acids is 3. The van der Waals surface area contributed by atoms with Crippen molar-refractivity contribution in [2.45, 2.75) is 45.1 Å². The number of ether oxygens (including phenoxy) is 1. The minimum atomic E-state index is -1.34. The van der Waals surface area contributed by atoms with E-state index in [-0.39, 0.29) is 32.3 Å². The van der Waals surface area contributed by atoms with Gasteiger partial charge in [-0.05, 0) is 6.42 Å². The molecule has 7 nitrogen and oxygen atoms in total. The second-order valence-corrected chi connectivity index (χ2v) is 4.02. The van der Waals surface area contributed by atoms with Crippen LogP contribution in [0.3, 0.4) is 0 Å². The van der Waals surface area contributed by atoms with Crippen molar-refractivity contribution in [2.75, 3.05) is 6.61 Å². The van der Waals surface area contributed by atoms with Crippen LogP contribution in [0.4, 0.5) is 0 Å². The Bertz CT molecular complexity index is 352. The molecule has 0 rings (SSSR count). The standard InChI is InChI=1S/C12H19NO6/c1-2-3-11(18)19-7-6-9(15)12(13)8(14)4-5-10(16)17/h12H,2-7,13H2,1H3,(H,16,17). The lowest BCUT2D eigenvalue weighted by atomic mass is 10.0. The predicted molar refractivity (Wildman–Crippen MR) is 65.3 cm³/mol. The SMILES string of the molecule is CCCC(=O)OCCC(=O)C(N)C(=O)CCC(=O)O. The molecular formula is C12H19NO6. The zero-order valence-electron chi connectivity index (χ0n) is 10.9. The highest BCUT2D eigenvalue weighted by Crippen LogP contribution is 2.00. The van der Waals surface area contributed by atoms with Gasteiger partial charge in [0.05, 0.1) is 13.0 Å². The number of Topliss-reactive ketones (excluding diaryl/α,β-unsaturated/α-hetero) is 2. The topological polar surface area (TPSA) is 124 Å². The van der Waals surface area contributed by atoms with E-state index in [2.05, 4.69) is 0 Å². The number of carbonyl (C=O) groups is 4. The maximum absolute atomic E-state index is 11.5. The van der Waals surface area contributed by atoms with Gasteiger partial charge in [-0.3, -0.25) is 19.2 Å². The van der Waals surface area contributed by atoms with Gasteiger partial charge in [-0.25, -0.2) is 0 Å². The van der Waals surface area contributed by atoms with Gasteiger partial charge in [0.2, 0.25) is 0 Å². The first-order valence-electron chi connectivity index (χ1n) is 6.06. The number of nitrogens with two attached hydrogens (primary N) is 1. The maximum Gasteiger partial charge on any atom is 0.305 e. The Morgan fingerprint density at radius 1 is 1.05 bits per heavy atom. The number of aliphatic carboxylic acids is 1. The monoisotopic (exact) mass is 273 g/mol. The first-order chi connectivity index (χ1) is 8.88. The third kappa shape index (κ3) is 8.04. The highest BCUT2D eigenvalue weighted by Gasteiger charge is 2.22. The van der Waals surface area contributed by atoms with Crippen molar-refractivity contribution in [3.05, 3.63) is 0 Å². The summed E-state index contributed by atoms with van der Waals surface area (Å²) >= 11 is 0. The molecule has 0 aliphatic carbocycles. The summed E-state index contributed by atoms with van der Waals surface area (Å²) in [6, 6.07) is -1.34. The number of hydrogen-bond donors (Lipinski definition) is 2. The lowest BCUT2D eigenvalue weighted by Gasteiger charge is -2.09. The highest BCUT2D eigenvalue weighted by molar-refractivity contribution is 6.06. The zero-order valence-corrected chi connectivity index (χ0v) is 10.9. The molecule has 7 heteroatoms. The minimum Gasteiger partial charge on any atom is -0.481 e. The molecule has 0 aromatic heterocycles. The van der Waals surface area contributed by atoms with Crippen molar-refractivity contribution >= 4 is 23.5 Å². The van der Waals surface area contributed by atoms with E-state index in [9.17, 15) is 19.2 Å². The third-order valence-electron chi connectivity index (χ3n) is 2.34. The number of esters is 1. The summed E-state index contributed by atoms with van der Waals surface area (Å²) in [6.45, 7) is 1.71. The van der Waals surface area contributed by atoms with Gasteiger partial charge >= 0.3 is 11.9 Å². The summed E-state index contributed by atoms with van der Waals surface area (Å²) < 4.78 is 4.76. The number of hydrogen-bond acceptors (Lipinski definition) is 6. The van der Waals surface area contributed by atoms with Gasteiger partial charge in [-0.15, -0.1) is 0 Å². The van der Waals surface area contributed by atoms with Crippen LogP contribution in [0.5, 0.6) is 0 Å². The zero-order chi connectivity index (χ0) is 14.8. The molecular weight excluding hydrogens is 254 g/mol. The first-order valence-corrected chi connectivity index (χ1v) is 6.06. The van der Waals surface area contributed by atoms with E-state index in [1.165, 1.54) is 0 Å². The largest absolute Gasteiger partial charge is 0.481 e.